The first-order valence-electron chi connectivity index (χ1n) is 9.37. The van der Waals surface area contributed by atoms with Crippen LogP contribution in [0.5, 0.6) is 0 Å². The minimum Gasteiger partial charge on any atom is -0.464 e. The van der Waals surface area contributed by atoms with Crippen molar-refractivity contribution in [3.63, 3.8) is 0 Å². The molecule has 3 rings (SSSR count). The van der Waals surface area contributed by atoms with Crippen molar-refractivity contribution in [1.29, 1.82) is 0 Å². The summed E-state index contributed by atoms with van der Waals surface area (Å²) in [6.07, 6.45) is 0.120. The Morgan fingerprint density at radius 2 is 1.73 bits per heavy atom. The number of nitrogens with one attached hydrogen (secondary N) is 1. The fourth-order valence-electron chi connectivity index (χ4n) is 3.09. The van der Waals surface area contributed by atoms with Crippen molar-refractivity contribution < 1.29 is 22.0 Å². The first-order valence-corrected chi connectivity index (χ1v) is 10.9. The number of nitrogens with zero attached hydrogens (tertiary/aromatic N) is 1. The Kier molecular flexibility index (Phi) is 6.69. The summed E-state index contributed by atoms with van der Waals surface area (Å²) in [4.78, 5) is 14.0. The van der Waals surface area contributed by atoms with E-state index < -0.39 is 32.7 Å². The zero-order valence-electron chi connectivity index (χ0n) is 16.7. The Hall–Kier alpha value is -2.97. The summed E-state index contributed by atoms with van der Waals surface area (Å²) in [5.74, 6) is -0.0335. The normalized spacial score (nSPS) is 12.5. The van der Waals surface area contributed by atoms with Gasteiger partial charge in [-0.15, -0.1) is 0 Å². The Morgan fingerprint density at radius 3 is 2.37 bits per heavy atom. The Morgan fingerprint density at radius 1 is 1.07 bits per heavy atom. The predicted octanol–water partition coefficient (Wildman–Crippen LogP) is 3.28. The van der Waals surface area contributed by atoms with Gasteiger partial charge in [0.2, 0.25) is 15.9 Å². The largest absolute Gasteiger partial charge is 0.464 e. The van der Waals surface area contributed by atoms with Crippen LogP contribution in [0.2, 0.25) is 0 Å². The minimum absolute atomic E-state index is 0.120. The third kappa shape index (κ3) is 5.34. The molecular formula is C22H23FN2O4S. The van der Waals surface area contributed by atoms with Gasteiger partial charge in [-0.3, -0.25) is 4.79 Å². The monoisotopic (exact) mass is 430 g/mol. The smallest absolute Gasteiger partial charge is 0.244 e. The number of carbonyl (C=O) groups is 1. The third-order valence-electron chi connectivity index (χ3n) is 4.57. The summed E-state index contributed by atoms with van der Waals surface area (Å²) in [5.41, 5.74) is 0.773. The lowest BCUT2D eigenvalue weighted by molar-refractivity contribution is -0.132. The van der Waals surface area contributed by atoms with Crippen LogP contribution in [0, 0.1) is 12.7 Å². The van der Waals surface area contributed by atoms with E-state index in [0.29, 0.717) is 11.5 Å². The van der Waals surface area contributed by atoms with Gasteiger partial charge in [-0.25, -0.2) is 12.8 Å². The maximum absolute atomic E-state index is 14.1. The van der Waals surface area contributed by atoms with Crippen LogP contribution in [0.3, 0.4) is 0 Å². The quantitative estimate of drug-likeness (QED) is 0.595. The van der Waals surface area contributed by atoms with Crippen LogP contribution >= 0.6 is 0 Å². The van der Waals surface area contributed by atoms with Gasteiger partial charge in [0, 0.05) is 7.05 Å². The lowest BCUT2D eigenvalue weighted by Gasteiger charge is -2.24. The number of hydrogen-bond donors (Lipinski definition) is 1. The van der Waals surface area contributed by atoms with Crippen LogP contribution in [-0.4, -0.2) is 32.3 Å². The van der Waals surface area contributed by atoms with Crippen molar-refractivity contribution in [2.24, 2.45) is 0 Å². The highest BCUT2D eigenvalue weighted by Gasteiger charge is 2.30. The van der Waals surface area contributed by atoms with Gasteiger partial charge in [-0.1, -0.05) is 42.5 Å². The van der Waals surface area contributed by atoms with Gasteiger partial charge in [-0.2, -0.15) is 4.72 Å². The molecule has 0 saturated carbocycles. The van der Waals surface area contributed by atoms with Gasteiger partial charge < -0.3 is 9.32 Å². The standard InChI is InChI=1S/C22H23FN2O4S/c1-16-12-13-18(29-16)15-25(2)22(26)20(14-17-8-4-3-5-9-17)24-30(27,28)21-11-7-6-10-19(21)23/h3-13,20,24H,14-15H2,1-2H3. The van der Waals surface area contributed by atoms with Crippen LogP contribution in [0.15, 0.2) is 76.0 Å². The minimum atomic E-state index is -4.25. The molecule has 30 heavy (non-hydrogen) atoms. The lowest BCUT2D eigenvalue weighted by atomic mass is 10.1. The van der Waals surface area contributed by atoms with Crippen LogP contribution < -0.4 is 4.72 Å². The molecule has 158 valence electrons. The Bertz CT molecular complexity index is 1110. The van der Waals surface area contributed by atoms with Crippen molar-refractivity contribution in [3.8, 4) is 0 Å². The molecule has 1 atom stereocenters. The maximum Gasteiger partial charge on any atom is 0.244 e. The fraction of sp³-hybridized carbons (Fsp3) is 0.227. The van der Waals surface area contributed by atoms with Crippen LogP contribution in [-0.2, 0) is 27.8 Å². The number of furan rings is 1. The van der Waals surface area contributed by atoms with Gasteiger partial charge in [0.15, 0.2) is 0 Å². The van der Waals surface area contributed by atoms with Crippen molar-refractivity contribution in [2.45, 2.75) is 30.8 Å². The van der Waals surface area contributed by atoms with E-state index in [9.17, 15) is 17.6 Å². The Labute approximate surface area is 175 Å². The molecular weight excluding hydrogens is 407 g/mol. The lowest BCUT2D eigenvalue weighted by Crippen LogP contribution is -2.48. The van der Waals surface area contributed by atoms with Gasteiger partial charge in [0.05, 0.1) is 6.54 Å². The van der Waals surface area contributed by atoms with Crippen molar-refractivity contribution >= 4 is 15.9 Å². The number of sulfonamides is 1. The molecule has 6 nitrogen and oxygen atoms in total. The molecule has 0 spiro atoms. The molecule has 0 radical (unpaired) electrons. The fourth-order valence-corrected chi connectivity index (χ4v) is 4.36. The van der Waals surface area contributed by atoms with E-state index in [0.717, 1.165) is 17.7 Å². The number of benzene rings is 2. The Balaban J connectivity index is 1.86. The topological polar surface area (TPSA) is 79.6 Å². The van der Waals surface area contributed by atoms with Crippen molar-refractivity contribution in [3.05, 3.63) is 89.6 Å². The van der Waals surface area contributed by atoms with Crippen molar-refractivity contribution in [1.82, 2.24) is 9.62 Å². The molecule has 0 aliphatic heterocycles. The second-order valence-corrected chi connectivity index (χ2v) is 8.68. The SMILES string of the molecule is Cc1ccc(CN(C)C(=O)C(Cc2ccccc2)NS(=O)(=O)c2ccccc2F)o1. The molecule has 1 unspecified atom stereocenters. The zero-order valence-corrected chi connectivity index (χ0v) is 17.5. The summed E-state index contributed by atoms with van der Waals surface area (Å²) >= 11 is 0. The average molecular weight is 431 g/mol. The van der Waals surface area contributed by atoms with Crippen LogP contribution in [0.25, 0.3) is 0 Å². The highest BCUT2D eigenvalue weighted by molar-refractivity contribution is 7.89. The molecule has 1 N–H and O–H groups in total. The van der Waals surface area contributed by atoms with Gasteiger partial charge in [-0.05, 0) is 43.2 Å². The van der Waals surface area contributed by atoms with Gasteiger partial charge >= 0.3 is 0 Å². The summed E-state index contributed by atoms with van der Waals surface area (Å²) in [7, 11) is -2.69. The molecule has 0 aliphatic rings. The molecule has 3 aromatic rings. The third-order valence-corrected chi connectivity index (χ3v) is 6.07. The summed E-state index contributed by atoms with van der Waals surface area (Å²) in [6, 6.07) is 16.5. The summed E-state index contributed by atoms with van der Waals surface area (Å²) in [5, 5.41) is 0. The first kappa shape index (κ1) is 21.7. The second kappa shape index (κ2) is 9.23. The molecule has 0 bridgehead atoms. The van der Waals surface area contributed by atoms with Crippen LogP contribution in [0.4, 0.5) is 4.39 Å². The molecule has 0 saturated heterocycles. The van der Waals surface area contributed by atoms with E-state index in [1.165, 1.54) is 17.0 Å². The summed E-state index contributed by atoms with van der Waals surface area (Å²) in [6.45, 7) is 1.98. The van der Waals surface area contributed by atoms with Gasteiger partial charge in [0.1, 0.15) is 28.3 Å². The number of rotatable bonds is 8. The molecule has 8 heteroatoms. The van der Waals surface area contributed by atoms with Crippen molar-refractivity contribution in [2.75, 3.05) is 7.05 Å². The van der Waals surface area contributed by atoms with Crippen LogP contribution in [0.1, 0.15) is 17.1 Å². The number of hydrogen-bond acceptors (Lipinski definition) is 4. The zero-order chi connectivity index (χ0) is 21.7. The number of likely N-dealkylation sites (N-methyl/N-ethyl adjacent to an activating group) is 1. The number of amides is 1. The second-order valence-electron chi connectivity index (χ2n) is 7.00. The molecule has 0 fully saturated rings. The molecule has 0 aliphatic carbocycles. The average Bonchev–Trinajstić information content (AvgIpc) is 3.12. The highest BCUT2D eigenvalue weighted by atomic mass is 32.2. The molecule has 2 aromatic carbocycles. The van der Waals surface area contributed by atoms with E-state index in [4.69, 9.17) is 4.42 Å². The molecule has 1 amide bonds. The predicted molar refractivity (Wildman–Crippen MR) is 111 cm³/mol. The first-order chi connectivity index (χ1) is 14.3. The number of carbonyl (C=O) groups excluding carboxylic acids is 1. The molecule has 1 aromatic heterocycles. The van der Waals surface area contributed by atoms with E-state index in [2.05, 4.69) is 4.72 Å². The van der Waals surface area contributed by atoms with Gasteiger partial charge in [0.25, 0.3) is 0 Å². The number of halogens is 1. The maximum atomic E-state index is 14.1. The highest BCUT2D eigenvalue weighted by Crippen LogP contribution is 2.16. The molecule has 1 heterocycles. The van der Waals surface area contributed by atoms with E-state index in [1.807, 2.05) is 6.07 Å². The van der Waals surface area contributed by atoms with E-state index in [-0.39, 0.29) is 13.0 Å². The summed E-state index contributed by atoms with van der Waals surface area (Å²) < 4.78 is 47.6. The van der Waals surface area contributed by atoms with E-state index >= 15 is 0 Å². The van der Waals surface area contributed by atoms with E-state index in [1.54, 1.807) is 50.4 Å². The number of aryl methyl sites for hydroxylation is 1.